The summed E-state index contributed by atoms with van der Waals surface area (Å²) >= 11 is -0.826. The van der Waals surface area contributed by atoms with Crippen molar-refractivity contribution in [3.8, 4) is 11.1 Å². The summed E-state index contributed by atoms with van der Waals surface area (Å²) < 4.78 is 2.31. The molecule has 1 aromatic heterocycles. The number of aromatic nitrogens is 1. The third kappa shape index (κ3) is 4.25. The van der Waals surface area contributed by atoms with E-state index in [9.17, 15) is 0 Å². The first-order valence-electron chi connectivity index (χ1n) is 13.4. The van der Waals surface area contributed by atoms with E-state index < -0.39 is 20.8 Å². The van der Waals surface area contributed by atoms with Gasteiger partial charge in [0.15, 0.2) is 0 Å². The van der Waals surface area contributed by atoms with Gasteiger partial charge < -0.3 is 4.57 Å². The standard InChI is InChI=1S/C34H31N.2ClH.Zr/c1-23-21-29-26(24-17-18-32-30(22-24)27-13-6-7-16-31(27)35(32)2)14-10-15-28(29)33(23)34(19-8-3-9-20-34)25-11-4-5-12-25;;;/h4-7,10-18,21-22H,3,8-9,19-20H2,1-2H3;2*1H;/q-2;;;+4/p-2. The van der Waals surface area contributed by atoms with Crippen LogP contribution in [0.25, 0.3) is 43.7 Å². The third-order valence-corrected chi connectivity index (χ3v) is 8.76. The van der Waals surface area contributed by atoms with Gasteiger partial charge in [-0.15, -0.1) is 34.0 Å². The molecule has 0 radical (unpaired) electrons. The minimum atomic E-state index is -0.826. The average molecular weight is 616 g/mol. The van der Waals surface area contributed by atoms with Crippen LogP contribution < -0.4 is 0 Å². The van der Waals surface area contributed by atoms with Gasteiger partial charge in [0.1, 0.15) is 0 Å². The molecular weight excluding hydrogens is 585 g/mol. The van der Waals surface area contributed by atoms with E-state index >= 15 is 0 Å². The van der Waals surface area contributed by atoms with Crippen molar-refractivity contribution in [3.05, 3.63) is 108 Å². The Morgan fingerprint density at radius 3 is 2.24 bits per heavy atom. The molecule has 0 spiro atoms. The van der Waals surface area contributed by atoms with Crippen LogP contribution in [0.1, 0.15) is 48.8 Å². The van der Waals surface area contributed by atoms with Crippen LogP contribution in [0.3, 0.4) is 0 Å². The number of nitrogens with zero attached hydrogens (tertiary/aromatic N) is 1. The van der Waals surface area contributed by atoms with Crippen molar-refractivity contribution in [1.29, 1.82) is 0 Å². The van der Waals surface area contributed by atoms with Crippen molar-refractivity contribution < 1.29 is 20.8 Å². The molecule has 1 heterocycles. The minimum absolute atomic E-state index is 0.145. The van der Waals surface area contributed by atoms with E-state index in [1.54, 1.807) is 5.56 Å². The molecule has 0 saturated heterocycles. The van der Waals surface area contributed by atoms with Crippen LogP contribution in [0.15, 0.2) is 91.0 Å². The second-order valence-corrected chi connectivity index (χ2v) is 14.4. The Morgan fingerprint density at radius 1 is 0.763 bits per heavy atom. The monoisotopic (exact) mass is 613 g/mol. The normalized spacial score (nSPS) is 14.9. The van der Waals surface area contributed by atoms with Gasteiger partial charge in [-0.3, -0.25) is 0 Å². The van der Waals surface area contributed by atoms with Crippen LogP contribution in [0, 0.1) is 6.92 Å². The molecule has 38 heavy (non-hydrogen) atoms. The molecule has 0 atom stereocenters. The second-order valence-electron chi connectivity index (χ2n) is 10.7. The van der Waals surface area contributed by atoms with Gasteiger partial charge in [-0.25, -0.2) is 12.1 Å². The quantitative estimate of drug-likeness (QED) is 0.175. The molecule has 1 fully saturated rings. The summed E-state index contributed by atoms with van der Waals surface area (Å²) in [6, 6.07) is 34.3. The number of fused-ring (bicyclic) bond motifs is 4. The number of rotatable bonds is 3. The average Bonchev–Trinajstić information content (AvgIpc) is 3.67. The molecule has 0 amide bonds. The van der Waals surface area contributed by atoms with E-state index in [-0.39, 0.29) is 5.41 Å². The van der Waals surface area contributed by atoms with E-state index in [0.29, 0.717) is 0 Å². The Kier molecular flexibility index (Phi) is 7.43. The van der Waals surface area contributed by atoms with Gasteiger partial charge in [-0.1, -0.05) is 80.3 Å². The van der Waals surface area contributed by atoms with Crippen molar-refractivity contribution in [1.82, 2.24) is 4.57 Å². The summed E-state index contributed by atoms with van der Waals surface area (Å²) in [5.74, 6) is 0. The molecule has 1 saturated carbocycles. The zero-order valence-corrected chi connectivity index (χ0v) is 25.9. The number of benzene rings is 3. The maximum absolute atomic E-state index is 4.93. The molecule has 0 N–H and O–H groups in total. The summed E-state index contributed by atoms with van der Waals surface area (Å²) in [5.41, 5.74) is 9.91. The van der Waals surface area contributed by atoms with Gasteiger partial charge in [-0.05, 0) is 23.8 Å². The zero-order chi connectivity index (χ0) is 26.3. The van der Waals surface area contributed by atoms with Crippen molar-refractivity contribution in [2.75, 3.05) is 0 Å². The molecule has 0 unspecified atom stereocenters. The Labute approximate surface area is 243 Å². The summed E-state index contributed by atoms with van der Waals surface area (Å²) in [4.78, 5) is 0. The summed E-state index contributed by atoms with van der Waals surface area (Å²) in [5, 5.41) is 5.51. The van der Waals surface area contributed by atoms with Gasteiger partial charge in [0.25, 0.3) is 0 Å². The second kappa shape index (κ2) is 10.8. The number of hydrogen-bond donors (Lipinski definition) is 0. The topological polar surface area (TPSA) is 4.93 Å². The molecule has 0 bridgehead atoms. The molecule has 7 rings (SSSR count). The van der Waals surface area contributed by atoms with E-state index in [2.05, 4.69) is 110 Å². The van der Waals surface area contributed by atoms with Gasteiger partial charge >= 0.3 is 37.9 Å². The third-order valence-electron chi connectivity index (χ3n) is 8.76. The van der Waals surface area contributed by atoms with Gasteiger partial charge in [0, 0.05) is 28.9 Å². The fourth-order valence-corrected chi connectivity index (χ4v) is 7.19. The van der Waals surface area contributed by atoms with E-state index in [1.807, 2.05) is 0 Å². The Bertz CT molecular complexity index is 1710. The van der Waals surface area contributed by atoms with E-state index in [0.717, 1.165) is 0 Å². The molecule has 190 valence electrons. The SMILES string of the molecule is Cc1cc2c(-c3ccc4c(c3)c3ccccc3n4C)cccc2[c-]1C1([c-]2cccc2)CCCCC1.[Cl][Zr+2][Cl]. The fourth-order valence-electron chi connectivity index (χ4n) is 7.19. The molecule has 5 aromatic carbocycles. The fraction of sp³-hybridized carbons (Fsp3) is 0.235. The molecule has 1 nitrogen and oxygen atoms in total. The maximum atomic E-state index is 4.93. The van der Waals surface area contributed by atoms with E-state index in [4.69, 9.17) is 17.0 Å². The van der Waals surface area contributed by atoms with Crippen LogP contribution in [-0.2, 0) is 33.3 Å². The number of aryl methyl sites for hydroxylation is 2. The van der Waals surface area contributed by atoms with Gasteiger partial charge in [0.2, 0.25) is 0 Å². The van der Waals surface area contributed by atoms with Gasteiger partial charge in [0.05, 0.1) is 0 Å². The number of para-hydroxylation sites is 1. The van der Waals surface area contributed by atoms with Crippen LogP contribution in [0.2, 0.25) is 0 Å². The van der Waals surface area contributed by atoms with Crippen molar-refractivity contribution >= 4 is 49.6 Å². The summed E-state index contributed by atoms with van der Waals surface area (Å²) in [6.07, 6.45) is 6.49. The molecule has 1 aliphatic rings. The van der Waals surface area contributed by atoms with Crippen LogP contribution in [0.5, 0.6) is 0 Å². The predicted molar refractivity (Wildman–Crippen MR) is 161 cm³/mol. The zero-order valence-electron chi connectivity index (χ0n) is 21.9. The number of hydrogen-bond acceptors (Lipinski definition) is 0. The first-order chi connectivity index (χ1) is 18.6. The predicted octanol–water partition coefficient (Wildman–Crippen LogP) is 10.5. The molecule has 4 heteroatoms. The van der Waals surface area contributed by atoms with Crippen LogP contribution in [0.4, 0.5) is 0 Å². The Hall–Kier alpha value is -2.12. The van der Waals surface area contributed by atoms with Crippen LogP contribution in [-0.4, -0.2) is 4.57 Å². The van der Waals surface area contributed by atoms with Crippen LogP contribution >= 0.6 is 17.0 Å². The summed E-state index contributed by atoms with van der Waals surface area (Å²) in [7, 11) is 12.0. The molecule has 1 aliphatic carbocycles. The first kappa shape index (κ1) is 26.1. The van der Waals surface area contributed by atoms with Crippen molar-refractivity contribution in [3.63, 3.8) is 0 Å². The summed E-state index contributed by atoms with van der Waals surface area (Å²) in [6.45, 7) is 2.34. The van der Waals surface area contributed by atoms with Gasteiger partial charge in [-0.2, -0.15) is 23.8 Å². The molecule has 0 aliphatic heterocycles. The van der Waals surface area contributed by atoms with Crippen molar-refractivity contribution in [2.24, 2.45) is 7.05 Å². The first-order valence-corrected chi connectivity index (χ1v) is 19.8. The number of halogens is 2. The Balaban J connectivity index is 0.000000843. The van der Waals surface area contributed by atoms with Crippen molar-refractivity contribution in [2.45, 2.75) is 44.4 Å². The molecular formula is C34H31Cl2NZr. The molecule has 6 aromatic rings. The Morgan fingerprint density at radius 2 is 1.47 bits per heavy atom. The van der Waals surface area contributed by atoms with E-state index in [1.165, 1.54) is 86.9 Å².